The first-order valence-electron chi connectivity index (χ1n) is 6.72. The first kappa shape index (κ1) is 11.4. The van der Waals surface area contributed by atoms with Crippen LogP contribution in [0.15, 0.2) is 0 Å². The molecule has 0 saturated heterocycles. The molecule has 2 fully saturated rings. The van der Waals surface area contributed by atoms with Crippen LogP contribution in [0, 0.1) is 11.8 Å². The highest BCUT2D eigenvalue weighted by Gasteiger charge is 2.34. The molecule has 0 spiro atoms. The van der Waals surface area contributed by atoms with E-state index >= 15 is 0 Å². The Morgan fingerprint density at radius 2 is 2.07 bits per heavy atom. The highest BCUT2D eigenvalue weighted by atomic mass is 16.3. The molecule has 88 valence electrons. The zero-order valence-electron chi connectivity index (χ0n) is 9.91. The lowest BCUT2D eigenvalue weighted by atomic mass is 10.0. The molecule has 15 heavy (non-hydrogen) atoms. The zero-order chi connectivity index (χ0) is 10.7. The minimum Gasteiger partial charge on any atom is -0.396 e. The average molecular weight is 211 g/mol. The molecule has 2 rings (SSSR count). The fourth-order valence-electron chi connectivity index (χ4n) is 3.01. The van der Waals surface area contributed by atoms with Gasteiger partial charge in [-0.25, -0.2) is 0 Å². The molecule has 2 N–H and O–H groups in total. The fraction of sp³-hybridized carbons (Fsp3) is 1.00. The van der Waals surface area contributed by atoms with Gasteiger partial charge < -0.3 is 10.4 Å². The van der Waals surface area contributed by atoms with Gasteiger partial charge in [-0.3, -0.25) is 0 Å². The van der Waals surface area contributed by atoms with Gasteiger partial charge in [0.2, 0.25) is 0 Å². The molecule has 2 aliphatic rings. The van der Waals surface area contributed by atoms with Crippen molar-refractivity contribution in [3.8, 4) is 0 Å². The van der Waals surface area contributed by atoms with E-state index in [1.54, 1.807) is 0 Å². The van der Waals surface area contributed by atoms with Crippen LogP contribution in [0.5, 0.6) is 0 Å². The Labute approximate surface area is 93.5 Å². The molecule has 0 aromatic heterocycles. The van der Waals surface area contributed by atoms with Crippen LogP contribution in [0.2, 0.25) is 0 Å². The maximum atomic E-state index is 9.29. The molecule has 0 heterocycles. The maximum Gasteiger partial charge on any atom is 0.0474 e. The zero-order valence-corrected chi connectivity index (χ0v) is 9.91. The van der Waals surface area contributed by atoms with Crippen molar-refractivity contribution in [3.63, 3.8) is 0 Å². The predicted molar refractivity (Wildman–Crippen MR) is 62.8 cm³/mol. The average Bonchev–Trinajstić information content (AvgIpc) is 2.99. The Hall–Kier alpha value is -0.0800. The molecule has 2 saturated carbocycles. The summed E-state index contributed by atoms with van der Waals surface area (Å²) in [6.07, 6.45) is 9.24. The molecular weight excluding hydrogens is 186 g/mol. The molecule has 0 radical (unpaired) electrons. The third kappa shape index (κ3) is 2.94. The number of hydrogen-bond donors (Lipinski definition) is 2. The third-order valence-electron chi connectivity index (χ3n) is 4.11. The highest BCUT2D eigenvalue weighted by molar-refractivity contribution is 4.91. The smallest absolute Gasteiger partial charge is 0.0474 e. The maximum absolute atomic E-state index is 9.29. The van der Waals surface area contributed by atoms with Crippen molar-refractivity contribution in [2.75, 3.05) is 6.61 Å². The molecule has 3 unspecified atom stereocenters. The van der Waals surface area contributed by atoms with Gasteiger partial charge in [0.1, 0.15) is 0 Å². The number of nitrogens with one attached hydrogen (secondary N) is 1. The van der Waals surface area contributed by atoms with Gasteiger partial charge in [0.15, 0.2) is 0 Å². The minimum absolute atomic E-state index is 0.376. The molecule has 0 aromatic rings. The van der Waals surface area contributed by atoms with E-state index in [9.17, 15) is 5.11 Å². The number of rotatable bonds is 6. The Morgan fingerprint density at radius 1 is 1.27 bits per heavy atom. The molecule has 0 aromatic carbocycles. The van der Waals surface area contributed by atoms with Crippen molar-refractivity contribution >= 4 is 0 Å². The van der Waals surface area contributed by atoms with Crippen molar-refractivity contribution in [1.82, 2.24) is 5.32 Å². The summed E-state index contributed by atoms with van der Waals surface area (Å²) in [5, 5.41) is 13.1. The van der Waals surface area contributed by atoms with Gasteiger partial charge in [-0.05, 0) is 43.9 Å². The van der Waals surface area contributed by atoms with Crippen molar-refractivity contribution in [1.29, 1.82) is 0 Å². The van der Waals surface area contributed by atoms with E-state index in [0.717, 1.165) is 12.0 Å². The third-order valence-corrected chi connectivity index (χ3v) is 4.11. The SMILES string of the molecule is CCCC(NC1CCCC1CO)C1CC1. The van der Waals surface area contributed by atoms with Crippen LogP contribution in [0.25, 0.3) is 0 Å². The summed E-state index contributed by atoms with van der Waals surface area (Å²) < 4.78 is 0. The van der Waals surface area contributed by atoms with E-state index in [1.807, 2.05) is 0 Å². The monoisotopic (exact) mass is 211 g/mol. The molecule has 2 heteroatoms. The van der Waals surface area contributed by atoms with Crippen molar-refractivity contribution in [3.05, 3.63) is 0 Å². The lowest BCUT2D eigenvalue weighted by molar-refractivity contribution is 0.195. The standard InChI is InChI=1S/C13H25NO/c1-2-4-12(10-7-8-10)14-13-6-3-5-11(13)9-15/h10-15H,2-9H2,1H3. The van der Waals surface area contributed by atoms with Crippen LogP contribution in [-0.4, -0.2) is 23.8 Å². The second-order valence-electron chi connectivity index (χ2n) is 5.38. The Balaban J connectivity index is 1.81. The largest absolute Gasteiger partial charge is 0.396 e. The van der Waals surface area contributed by atoms with Crippen LogP contribution in [0.1, 0.15) is 51.9 Å². The molecule has 0 bridgehead atoms. The quantitative estimate of drug-likeness (QED) is 0.706. The van der Waals surface area contributed by atoms with Crippen LogP contribution >= 0.6 is 0 Å². The molecule has 2 aliphatic carbocycles. The van der Waals surface area contributed by atoms with Crippen LogP contribution in [0.4, 0.5) is 0 Å². The van der Waals surface area contributed by atoms with E-state index in [1.165, 1.54) is 44.9 Å². The summed E-state index contributed by atoms with van der Waals surface area (Å²) in [5.74, 6) is 1.48. The van der Waals surface area contributed by atoms with Crippen molar-refractivity contribution < 1.29 is 5.11 Å². The van der Waals surface area contributed by atoms with Crippen LogP contribution < -0.4 is 5.32 Å². The lowest BCUT2D eigenvalue weighted by Crippen LogP contribution is -2.42. The second-order valence-corrected chi connectivity index (χ2v) is 5.38. The summed E-state index contributed by atoms with van der Waals surface area (Å²) in [6, 6.07) is 1.35. The van der Waals surface area contributed by atoms with E-state index in [2.05, 4.69) is 12.2 Å². The summed E-state index contributed by atoms with van der Waals surface area (Å²) in [7, 11) is 0. The van der Waals surface area contributed by atoms with Crippen molar-refractivity contribution in [2.45, 2.75) is 64.0 Å². The highest BCUT2D eigenvalue weighted by Crippen LogP contribution is 2.36. The van der Waals surface area contributed by atoms with E-state index in [4.69, 9.17) is 0 Å². The van der Waals surface area contributed by atoms with Gasteiger partial charge in [0.05, 0.1) is 0 Å². The lowest BCUT2D eigenvalue weighted by Gasteiger charge is -2.26. The van der Waals surface area contributed by atoms with Gasteiger partial charge in [-0.2, -0.15) is 0 Å². The second kappa shape index (κ2) is 5.31. The van der Waals surface area contributed by atoms with Crippen LogP contribution in [0.3, 0.4) is 0 Å². The Morgan fingerprint density at radius 3 is 2.67 bits per heavy atom. The normalized spacial score (nSPS) is 33.2. The van der Waals surface area contributed by atoms with Crippen LogP contribution in [-0.2, 0) is 0 Å². The summed E-state index contributed by atoms with van der Waals surface area (Å²) in [4.78, 5) is 0. The van der Waals surface area contributed by atoms with Gasteiger partial charge in [-0.15, -0.1) is 0 Å². The number of aliphatic hydroxyl groups is 1. The van der Waals surface area contributed by atoms with E-state index in [0.29, 0.717) is 18.6 Å². The Bertz CT molecular complexity index is 191. The fourth-order valence-corrected chi connectivity index (χ4v) is 3.01. The molecular formula is C13H25NO. The number of hydrogen-bond acceptors (Lipinski definition) is 2. The predicted octanol–water partition coefficient (Wildman–Crippen LogP) is 2.32. The minimum atomic E-state index is 0.376. The molecule has 3 atom stereocenters. The summed E-state index contributed by atoms with van der Waals surface area (Å²) >= 11 is 0. The molecule has 0 aliphatic heterocycles. The summed E-state index contributed by atoms with van der Waals surface area (Å²) in [5.41, 5.74) is 0. The summed E-state index contributed by atoms with van der Waals surface area (Å²) in [6.45, 7) is 2.65. The van der Waals surface area contributed by atoms with E-state index in [-0.39, 0.29) is 0 Å². The van der Waals surface area contributed by atoms with Crippen molar-refractivity contribution in [2.24, 2.45) is 11.8 Å². The first-order valence-corrected chi connectivity index (χ1v) is 6.72. The number of aliphatic hydroxyl groups excluding tert-OH is 1. The first-order chi connectivity index (χ1) is 7.35. The van der Waals surface area contributed by atoms with Gasteiger partial charge in [0.25, 0.3) is 0 Å². The Kier molecular flexibility index (Phi) is 4.04. The topological polar surface area (TPSA) is 32.3 Å². The molecule has 2 nitrogen and oxygen atoms in total. The van der Waals surface area contributed by atoms with Gasteiger partial charge in [-0.1, -0.05) is 19.8 Å². The van der Waals surface area contributed by atoms with Gasteiger partial charge in [0, 0.05) is 18.7 Å². The van der Waals surface area contributed by atoms with E-state index < -0.39 is 0 Å². The molecule has 0 amide bonds. The van der Waals surface area contributed by atoms with Gasteiger partial charge >= 0.3 is 0 Å².